The Kier molecular flexibility index (Phi) is 5.21. The fraction of sp³-hybridized carbons (Fsp3) is 0.500. The Morgan fingerprint density at radius 2 is 1.75 bits per heavy atom. The van der Waals surface area contributed by atoms with E-state index in [2.05, 4.69) is 5.32 Å². The van der Waals surface area contributed by atoms with Crippen molar-refractivity contribution in [2.24, 2.45) is 0 Å². The predicted molar refractivity (Wildman–Crippen MR) is 77.4 cm³/mol. The first-order valence-electron chi connectivity index (χ1n) is 6.19. The molecule has 0 aliphatic carbocycles. The van der Waals surface area contributed by atoms with Crippen LogP contribution in [-0.4, -0.2) is 39.4 Å². The minimum atomic E-state index is -0.443. The molecular formula is C14H22N2O4. The lowest BCUT2D eigenvalue weighted by Crippen LogP contribution is -2.39. The van der Waals surface area contributed by atoms with Crippen LogP contribution >= 0.6 is 0 Å². The lowest BCUT2D eigenvalue weighted by Gasteiger charge is -2.23. The molecule has 1 aromatic rings. The first-order chi connectivity index (χ1) is 9.34. The molecule has 1 rings (SSSR count). The molecule has 0 aliphatic heterocycles. The zero-order valence-corrected chi connectivity index (χ0v) is 12.6. The molecule has 20 heavy (non-hydrogen) atoms. The molecule has 0 fully saturated rings. The molecule has 0 saturated heterocycles. The van der Waals surface area contributed by atoms with Gasteiger partial charge in [0.25, 0.3) is 5.91 Å². The van der Waals surface area contributed by atoms with Crippen LogP contribution in [0.4, 0.5) is 5.69 Å². The van der Waals surface area contributed by atoms with Crippen LogP contribution in [0.25, 0.3) is 0 Å². The Hall–Kier alpha value is -1.95. The van der Waals surface area contributed by atoms with E-state index in [1.54, 1.807) is 19.2 Å². The van der Waals surface area contributed by atoms with Crippen LogP contribution in [0.15, 0.2) is 12.1 Å². The quantitative estimate of drug-likeness (QED) is 0.771. The van der Waals surface area contributed by atoms with Crippen molar-refractivity contribution in [3.8, 4) is 11.5 Å². The number of nitrogens with two attached hydrogens (primary N) is 1. The van der Waals surface area contributed by atoms with E-state index in [0.29, 0.717) is 29.3 Å². The van der Waals surface area contributed by atoms with E-state index in [1.165, 1.54) is 14.2 Å². The Balaban J connectivity index is 2.93. The van der Waals surface area contributed by atoms with Gasteiger partial charge in [0.15, 0.2) is 11.5 Å². The number of hydrogen-bond acceptors (Lipinski definition) is 5. The highest BCUT2D eigenvalue weighted by Gasteiger charge is 2.20. The second-order valence-electron chi connectivity index (χ2n) is 4.94. The van der Waals surface area contributed by atoms with Gasteiger partial charge in [-0.15, -0.1) is 0 Å². The normalized spacial score (nSPS) is 11.1. The van der Waals surface area contributed by atoms with Crippen LogP contribution in [0.5, 0.6) is 11.5 Å². The molecule has 0 atom stereocenters. The zero-order valence-electron chi connectivity index (χ0n) is 12.6. The Labute approximate surface area is 119 Å². The van der Waals surface area contributed by atoms with E-state index in [0.717, 1.165) is 0 Å². The lowest BCUT2D eigenvalue weighted by atomic mass is 10.1. The summed E-state index contributed by atoms with van der Waals surface area (Å²) in [7, 11) is 4.61. The van der Waals surface area contributed by atoms with Crippen molar-refractivity contribution < 1.29 is 19.0 Å². The Morgan fingerprint density at radius 1 is 1.20 bits per heavy atom. The summed E-state index contributed by atoms with van der Waals surface area (Å²) in [5.41, 5.74) is 6.09. The fourth-order valence-electron chi connectivity index (χ4n) is 1.55. The molecule has 1 amide bonds. The standard InChI is InChI=1S/C14H22N2O4/c1-14(2,20-5)8-16-13(17)9-6-11(18-3)12(19-4)7-10(9)15/h6-7H,8,15H2,1-5H3,(H,16,17). The maximum atomic E-state index is 12.2. The number of nitrogens with one attached hydrogen (secondary N) is 1. The molecule has 0 aliphatic rings. The molecule has 0 aromatic heterocycles. The van der Waals surface area contributed by atoms with Gasteiger partial charge in [-0.3, -0.25) is 4.79 Å². The minimum Gasteiger partial charge on any atom is -0.493 e. The topological polar surface area (TPSA) is 82.8 Å². The van der Waals surface area contributed by atoms with Crippen LogP contribution in [-0.2, 0) is 4.74 Å². The van der Waals surface area contributed by atoms with Gasteiger partial charge in [0.2, 0.25) is 0 Å². The monoisotopic (exact) mass is 282 g/mol. The van der Waals surface area contributed by atoms with E-state index in [9.17, 15) is 4.79 Å². The maximum absolute atomic E-state index is 12.2. The molecule has 0 saturated carbocycles. The number of hydrogen-bond donors (Lipinski definition) is 2. The van der Waals surface area contributed by atoms with E-state index in [1.807, 2.05) is 13.8 Å². The van der Waals surface area contributed by atoms with Gasteiger partial charge >= 0.3 is 0 Å². The molecule has 3 N–H and O–H groups in total. The highest BCUT2D eigenvalue weighted by atomic mass is 16.5. The Morgan fingerprint density at radius 3 is 2.25 bits per heavy atom. The number of anilines is 1. The van der Waals surface area contributed by atoms with Gasteiger partial charge in [0, 0.05) is 25.4 Å². The number of amides is 1. The molecule has 0 bridgehead atoms. The van der Waals surface area contributed by atoms with E-state index in [4.69, 9.17) is 19.9 Å². The number of carbonyl (C=O) groups is 1. The van der Waals surface area contributed by atoms with Gasteiger partial charge in [0.05, 0.1) is 25.4 Å². The summed E-state index contributed by atoms with van der Waals surface area (Å²) in [5.74, 6) is 0.658. The molecular weight excluding hydrogens is 260 g/mol. The Bertz CT molecular complexity index is 486. The van der Waals surface area contributed by atoms with E-state index < -0.39 is 5.60 Å². The van der Waals surface area contributed by atoms with Crippen molar-refractivity contribution in [1.82, 2.24) is 5.32 Å². The van der Waals surface area contributed by atoms with Gasteiger partial charge in [-0.25, -0.2) is 0 Å². The predicted octanol–water partition coefficient (Wildman–Crippen LogP) is 1.44. The number of carbonyl (C=O) groups excluding carboxylic acids is 1. The summed E-state index contributed by atoms with van der Waals surface area (Å²) in [6.07, 6.45) is 0. The highest BCUT2D eigenvalue weighted by molar-refractivity contribution is 6.00. The smallest absolute Gasteiger partial charge is 0.253 e. The third kappa shape index (κ3) is 3.77. The van der Waals surface area contributed by atoms with Crippen molar-refractivity contribution in [1.29, 1.82) is 0 Å². The van der Waals surface area contributed by atoms with Gasteiger partial charge in [-0.2, -0.15) is 0 Å². The van der Waals surface area contributed by atoms with Crippen LogP contribution in [0, 0.1) is 0 Å². The van der Waals surface area contributed by atoms with Crippen LogP contribution in [0.1, 0.15) is 24.2 Å². The summed E-state index contributed by atoms with van der Waals surface area (Å²) in [6.45, 7) is 4.13. The van der Waals surface area contributed by atoms with Crippen LogP contribution < -0.4 is 20.5 Å². The van der Waals surface area contributed by atoms with Gasteiger partial charge in [-0.05, 0) is 19.9 Å². The average molecular weight is 282 g/mol. The number of nitrogen functional groups attached to an aromatic ring is 1. The second-order valence-corrected chi connectivity index (χ2v) is 4.94. The lowest BCUT2D eigenvalue weighted by molar-refractivity contribution is 0.0229. The van der Waals surface area contributed by atoms with Gasteiger partial charge in [-0.1, -0.05) is 0 Å². The summed E-state index contributed by atoms with van der Waals surface area (Å²) in [6, 6.07) is 3.12. The second kappa shape index (κ2) is 6.47. The number of benzene rings is 1. The molecule has 112 valence electrons. The number of rotatable bonds is 6. The molecule has 6 heteroatoms. The third-order valence-corrected chi connectivity index (χ3v) is 3.03. The summed E-state index contributed by atoms with van der Waals surface area (Å²) in [5, 5.41) is 2.78. The summed E-state index contributed by atoms with van der Waals surface area (Å²) < 4.78 is 15.5. The molecule has 6 nitrogen and oxygen atoms in total. The van der Waals surface area contributed by atoms with Crippen LogP contribution in [0.2, 0.25) is 0 Å². The van der Waals surface area contributed by atoms with E-state index in [-0.39, 0.29) is 5.91 Å². The van der Waals surface area contributed by atoms with Crippen molar-refractivity contribution in [2.45, 2.75) is 19.4 Å². The van der Waals surface area contributed by atoms with Crippen molar-refractivity contribution >= 4 is 11.6 Å². The highest BCUT2D eigenvalue weighted by Crippen LogP contribution is 2.31. The minimum absolute atomic E-state index is 0.284. The van der Waals surface area contributed by atoms with Crippen LogP contribution in [0.3, 0.4) is 0 Å². The number of ether oxygens (including phenoxy) is 3. The fourth-order valence-corrected chi connectivity index (χ4v) is 1.55. The first-order valence-corrected chi connectivity index (χ1v) is 6.19. The first kappa shape index (κ1) is 16.1. The third-order valence-electron chi connectivity index (χ3n) is 3.03. The molecule has 0 heterocycles. The molecule has 0 spiro atoms. The molecule has 1 aromatic carbocycles. The largest absolute Gasteiger partial charge is 0.493 e. The summed E-state index contributed by atoms with van der Waals surface area (Å²) in [4.78, 5) is 12.2. The van der Waals surface area contributed by atoms with Gasteiger partial charge < -0.3 is 25.3 Å². The average Bonchev–Trinajstić information content (AvgIpc) is 2.44. The van der Waals surface area contributed by atoms with Gasteiger partial charge in [0.1, 0.15) is 0 Å². The summed E-state index contributed by atoms with van der Waals surface area (Å²) >= 11 is 0. The van der Waals surface area contributed by atoms with E-state index >= 15 is 0 Å². The number of methoxy groups -OCH3 is 3. The molecule has 0 radical (unpaired) electrons. The SMILES string of the molecule is COc1cc(N)c(C(=O)NCC(C)(C)OC)cc1OC. The zero-order chi connectivity index (χ0) is 15.3. The van der Waals surface area contributed by atoms with Crippen molar-refractivity contribution in [2.75, 3.05) is 33.6 Å². The van der Waals surface area contributed by atoms with Crippen molar-refractivity contribution in [3.63, 3.8) is 0 Å². The van der Waals surface area contributed by atoms with Crippen molar-refractivity contribution in [3.05, 3.63) is 17.7 Å². The molecule has 0 unspecified atom stereocenters. The maximum Gasteiger partial charge on any atom is 0.253 e.